The van der Waals surface area contributed by atoms with E-state index in [1.807, 2.05) is 30.3 Å². The maximum absolute atomic E-state index is 10.9. The second-order valence-corrected chi connectivity index (χ2v) is 3.23. The lowest BCUT2D eigenvalue weighted by molar-refractivity contribution is -0.140. The molecule has 0 aliphatic carbocycles. The number of hydrogen-bond donors (Lipinski definition) is 1. The Balaban J connectivity index is 2.41. The Bertz CT molecular complexity index is 285. The monoisotopic (exact) mass is 193 g/mol. The molecule has 1 unspecified atom stereocenters. The van der Waals surface area contributed by atoms with Crippen molar-refractivity contribution >= 4 is 5.97 Å². The first kappa shape index (κ1) is 10.7. The van der Waals surface area contributed by atoms with Crippen molar-refractivity contribution in [2.75, 3.05) is 7.11 Å². The third kappa shape index (κ3) is 3.58. The Kier molecular flexibility index (Phi) is 4.13. The fourth-order valence-corrected chi connectivity index (χ4v) is 1.29. The van der Waals surface area contributed by atoms with Gasteiger partial charge in [-0.05, 0) is 12.0 Å². The zero-order valence-electron chi connectivity index (χ0n) is 8.27. The highest BCUT2D eigenvalue weighted by Gasteiger charge is 2.09. The summed E-state index contributed by atoms with van der Waals surface area (Å²) in [6.45, 7) is 0. The molecule has 0 heterocycles. The first-order chi connectivity index (χ1) is 6.72. The summed E-state index contributed by atoms with van der Waals surface area (Å²) >= 11 is 0. The summed E-state index contributed by atoms with van der Waals surface area (Å²) in [6, 6.07) is 9.70. The van der Waals surface area contributed by atoms with Gasteiger partial charge in [-0.2, -0.15) is 0 Å². The smallest absolute Gasteiger partial charge is 0.307 e. The lowest BCUT2D eigenvalue weighted by Gasteiger charge is -2.09. The first-order valence-electron chi connectivity index (χ1n) is 4.58. The van der Waals surface area contributed by atoms with Gasteiger partial charge in [0.25, 0.3) is 0 Å². The largest absolute Gasteiger partial charge is 0.469 e. The molecule has 0 saturated carbocycles. The van der Waals surface area contributed by atoms with Crippen LogP contribution >= 0.6 is 0 Å². The van der Waals surface area contributed by atoms with Crippen LogP contribution in [-0.2, 0) is 16.0 Å². The van der Waals surface area contributed by atoms with Crippen LogP contribution in [-0.4, -0.2) is 19.1 Å². The number of carbonyl (C=O) groups is 1. The summed E-state index contributed by atoms with van der Waals surface area (Å²) in [5.41, 5.74) is 6.92. The predicted octanol–water partition coefficient (Wildman–Crippen LogP) is 1.12. The molecule has 0 aromatic heterocycles. The molecule has 0 radical (unpaired) electrons. The van der Waals surface area contributed by atoms with E-state index in [1.165, 1.54) is 7.11 Å². The van der Waals surface area contributed by atoms with Gasteiger partial charge in [0, 0.05) is 6.04 Å². The van der Waals surface area contributed by atoms with Crippen LogP contribution in [0.3, 0.4) is 0 Å². The van der Waals surface area contributed by atoms with Gasteiger partial charge in [0.05, 0.1) is 13.5 Å². The van der Waals surface area contributed by atoms with Crippen molar-refractivity contribution in [3.8, 4) is 0 Å². The summed E-state index contributed by atoms with van der Waals surface area (Å²) in [7, 11) is 1.37. The van der Waals surface area contributed by atoms with Crippen molar-refractivity contribution in [3.63, 3.8) is 0 Å². The van der Waals surface area contributed by atoms with Gasteiger partial charge >= 0.3 is 5.97 Å². The minimum absolute atomic E-state index is 0.162. The van der Waals surface area contributed by atoms with E-state index in [0.29, 0.717) is 6.42 Å². The van der Waals surface area contributed by atoms with Gasteiger partial charge in [-0.15, -0.1) is 0 Å². The molecule has 1 atom stereocenters. The third-order valence-corrected chi connectivity index (χ3v) is 2.00. The van der Waals surface area contributed by atoms with Crippen LogP contribution < -0.4 is 5.73 Å². The van der Waals surface area contributed by atoms with E-state index < -0.39 is 0 Å². The Morgan fingerprint density at radius 1 is 1.43 bits per heavy atom. The molecule has 0 aliphatic heterocycles. The molecule has 0 fully saturated rings. The van der Waals surface area contributed by atoms with Crippen LogP contribution in [0, 0.1) is 0 Å². The summed E-state index contributed by atoms with van der Waals surface area (Å²) in [4.78, 5) is 10.9. The Morgan fingerprint density at radius 3 is 2.64 bits per heavy atom. The topological polar surface area (TPSA) is 52.3 Å². The number of rotatable bonds is 4. The number of benzene rings is 1. The predicted molar refractivity (Wildman–Crippen MR) is 54.8 cm³/mol. The molecule has 0 spiro atoms. The summed E-state index contributed by atoms with van der Waals surface area (Å²) < 4.78 is 4.54. The highest BCUT2D eigenvalue weighted by molar-refractivity contribution is 5.69. The molecule has 0 amide bonds. The average Bonchev–Trinajstić information content (AvgIpc) is 2.19. The van der Waals surface area contributed by atoms with Gasteiger partial charge in [-0.1, -0.05) is 30.3 Å². The number of hydrogen-bond acceptors (Lipinski definition) is 3. The van der Waals surface area contributed by atoms with E-state index in [0.717, 1.165) is 5.56 Å². The normalized spacial score (nSPS) is 12.1. The third-order valence-electron chi connectivity index (χ3n) is 2.00. The fraction of sp³-hybridized carbons (Fsp3) is 0.364. The average molecular weight is 193 g/mol. The van der Waals surface area contributed by atoms with Gasteiger partial charge < -0.3 is 10.5 Å². The molecular weight excluding hydrogens is 178 g/mol. The zero-order valence-corrected chi connectivity index (χ0v) is 8.27. The van der Waals surface area contributed by atoms with Gasteiger partial charge in [-0.3, -0.25) is 4.79 Å². The SMILES string of the molecule is COC(=O)CC(N)Cc1ccccc1. The van der Waals surface area contributed by atoms with Gasteiger partial charge in [0.15, 0.2) is 0 Å². The fourth-order valence-electron chi connectivity index (χ4n) is 1.29. The van der Waals surface area contributed by atoms with E-state index in [9.17, 15) is 4.79 Å². The summed E-state index contributed by atoms with van der Waals surface area (Å²) in [5.74, 6) is -0.256. The van der Waals surface area contributed by atoms with Crippen molar-refractivity contribution < 1.29 is 9.53 Å². The van der Waals surface area contributed by atoms with E-state index in [2.05, 4.69) is 4.74 Å². The van der Waals surface area contributed by atoms with Gasteiger partial charge in [-0.25, -0.2) is 0 Å². The summed E-state index contributed by atoms with van der Waals surface area (Å²) in [5, 5.41) is 0. The number of esters is 1. The minimum Gasteiger partial charge on any atom is -0.469 e. The van der Waals surface area contributed by atoms with E-state index in [-0.39, 0.29) is 18.4 Å². The van der Waals surface area contributed by atoms with Crippen LogP contribution in [0.1, 0.15) is 12.0 Å². The number of ether oxygens (including phenoxy) is 1. The Labute approximate surface area is 83.9 Å². The van der Waals surface area contributed by atoms with E-state index in [1.54, 1.807) is 0 Å². The number of methoxy groups -OCH3 is 1. The molecule has 2 N–H and O–H groups in total. The molecule has 76 valence electrons. The highest BCUT2D eigenvalue weighted by Crippen LogP contribution is 2.04. The molecule has 1 aromatic carbocycles. The van der Waals surface area contributed by atoms with Crippen LogP contribution in [0.25, 0.3) is 0 Å². The van der Waals surface area contributed by atoms with Gasteiger partial charge in [0.2, 0.25) is 0 Å². The molecule has 0 bridgehead atoms. The maximum Gasteiger partial charge on any atom is 0.307 e. The summed E-state index contributed by atoms with van der Waals surface area (Å²) in [6.07, 6.45) is 0.974. The Morgan fingerprint density at radius 2 is 2.07 bits per heavy atom. The molecule has 3 heteroatoms. The number of carbonyl (C=O) groups excluding carboxylic acids is 1. The minimum atomic E-state index is -0.256. The molecular formula is C11H15NO2. The molecule has 1 rings (SSSR count). The van der Waals surface area contributed by atoms with E-state index in [4.69, 9.17) is 5.73 Å². The van der Waals surface area contributed by atoms with Crippen LogP contribution in [0.15, 0.2) is 30.3 Å². The highest BCUT2D eigenvalue weighted by atomic mass is 16.5. The van der Waals surface area contributed by atoms with Crippen molar-refractivity contribution in [1.29, 1.82) is 0 Å². The lowest BCUT2D eigenvalue weighted by Crippen LogP contribution is -2.26. The quantitative estimate of drug-likeness (QED) is 0.729. The standard InChI is InChI=1S/C11H15NO2/c1-14-11(13)8-10(12)7-9-5-3-2-4-6-9/h2-6,10H,7-8,12H2,1H3. The van der Waals surface area contributed by atoms with Crippen molar-refractivity contribution in [1.82, 2.24) is 0 Å². The number of nitrogens with two attached hydrogens (primary N) is 1. The van der Waals surface area contributed by atoms with Gasteiger partial charge in [0.1, 0.15) is 0 Å². The first-order valence-corrected chi connectivity index (χ1v) is 4.58. The van der Waals surface area contributed by atoms with Crippen molar-refractivity contribution in [3.05, 3.63) is 35.9 Å². The maximum atomic E-state index is 10.9. The lowest BCUT2D eigenvalue weighted by atomic mass is 10.0. The molecule has 0 aliphatic rings. The van der Waals surface area contributed by atoms with Crippen LogP contribution in [0.4, 0.5) is 0 Å². The second kappa shape index (κ2) is 5.40. The Hall–Kier alpha value is -1.35. The van der Waals surface area contributed by atoms with Crippen molar-refractivity contribution in [2.24, 2.45) is 5.73 Å². The molecule has 3 nitrogen and oxygen atoms in total. The van der Waals surface area contributed by atoms with Crippen LogP contribution in [0.5, 0.6) is 0 Å². The van der Waals surface area contributed by atoms with Crippen LogP contribution in [0.2, 0.25) is 0 Å². The molecule has 1 aromatic rings. The molecule has 14 heavy (non-hydrogen) atoms. The zero-order chi connectivity index (χ0) is 10.4. The van der Waals surface area contributed by atoms with Crippen molar-refractivity contribution in [2.45, 2.75) is 18.9 Å². The van der Waals surface area contributed by atoms with E-state index >= 15 is 0 Å². The second-order valence-electron chi connectivity index (χ2n) is 3.23. The molecule has 0 saturated heterocycles.